The van der Waals surface area contributed by atoms with E-state index in [1.807, 2.05) is 57.2 Å². The van der Waals surface area contributed by atoms with Gasteiger partial charge in [-0.1, -0.05) is 54.6 Å². The number of nitrogens with zero attached hydrogens (tertiary/aromatic N) is 2. The summed E-state index contributed by atoms with van der Waals surface area (Å²) in [4.78, 5) is 16.6. The van der Waals surface area contributed by atoms with E-state index in [0.29, 0.717) is 50.5 Å². The van der Waals surface area contributed by atoms with Gasteiger partial charge in [-0.2, -0.15) is 0 Å². The number of amides is 1. The number of allylic oxidation sites excluding steroid dienone is 1. The number of benzene rings is 4. The molecule has 0 atom stereocenters. The number of carbonyl (C=O) groups excluding carboxylic acids is 1. The monoisotopic (exact) mass is 620 g/mol. The van der Waals surface area contributed by atoms with Gasteiger partial charge in [-0.05, 0) is 91.8 Å². The number of hydrogen-bond acceptors (Lipinski definition) is 5. The normalized spacial score (nSPS) is 15.0. The molecule has 2 aliphatic rings. The van der Waals surface area contributed by atoms with E-state index in [1.165, 1.54) is 6.07 Å². The summed E-state index contributed by atoms with van der Waals surface area (Å²) in [5.74, 6) is 1.29. The predicted molar refractivity (Wildman–Crippen MR) is 181 cm³/mol. The fourth-order valence-corrected chi connectivity index (χ4v) is 6.24. The number of ether oxygens (including phenoxy) is 3. The van der Waals surface area contributed by atoms with Crippen LogP contribution in [0.5, 0.6) is 11.5 Å². The number of aryl methyl sites for hydroxylation is 1. The van der Waals surface area contributed by atoms with Crippen molar-refractivity contribution in [1.82, 2.24) is 4.90 Å². The Kier molecular flexibility index (Phi) is 9.02. The maximum Gasteiger partial charge on any atom is 0.410 e. The van der Waals surface area contributed by atoms with Crippen molar-refractivity contribution in [2.75, 3.05) is 38.2 Å². The standard InChI is InChI=1S/C39H41FN2O4/c1-39(2,3)46-38(43)42-22-20-41(21-23-42)29-15-18-34(36(25-29)44-4)37-31-19-16-30(45-26-27-10-6-5-7-11-27)24-28(31)14-17-33(37)32-12-8-9-13-35(32)40/h5-13,15-16,18-19,24-25H,14,17,20-23,26H2,1-4H3. The van der Waals surface area contributed by atoms with Gasteiger partial charge < -0.3 is 24.0 Å². The first-order valence-corrected chi connectivity index (χ1v) is 15.9. The zero-order valence-corrected chi connectivity index (χ0v) is 27.0. The quantitative estimate of drug-likeness (QED) is 0.208. The lowest BCUT2D eigenvalue weighted by molar-refractivity contribution is 0.0240. The SMILES string of the molecule is COc1cc(N2CCN(C(=O)OC(C)(C)C)CC2)ccc1C1=C(c2ccccc2F)CCc2cc(OCc3ccccc3)ccc21. The summed E-state index contributed by atoms with van der Waals surface area (Å²) in [6, 6.07) is 29.5. The molecule has 0 bridgehead atoms. The van der Waals surface area contributed by atoms with Crippen LogP contribution in [0.15, 0.2) is 91.0 Å². The molecule has 0 radical (unpaired) electrons. The van der Waals surface area contributed by atoms with E-state index in [9.17, 15) is 4.79 Å². The van der Waals surface area contributed by atoms with Crippen molar-refractivity contribution in [1.29, 1.82) is 0 Å². The third-order valence-electron chi connectivity index (χ3n) is 8.49. The van der Waals surface area contributed by atoms with E-state index < -0.39 is 5.60 Å². The van der Waals surface area contributed by atoms with Crippen LogP contribution >= 0.6 is 0 Å². The second-order valence-corrected chi connectivity index (χ2v) is 12.8. The van der Waals surface area contributed by atoms with Crippen LogP contribution in [0.2, 0.25) is 0 Å². The molecule has 1 aliphatic heterocycles. The molecule has 4 aromatic rings. The fraction of sp³-hybridized carbons (Fsp3) is 0.308. The Morgan fingerprint density at radius 3 is 2.24 bits per heavy atom. The molecule has 1 aliphatic carbocycles. The Labute approximate surface area is 271 Å². The minimum Gasteiger partial charge on any atom is -0.496 e. The molecule has 4 aromatic carbocycles. The molecule has 7 heteroatoms. The van der Waals surface area contributed by atoms with Crippen LogP contribution in [0.25, 0.3) is 11.1 Å². The van der Waals surface area contributed by atoms with Crippen molar-refractivity contribution in [2.24, 2.45) is 0 Å². The number of fused-ring (bicyclic) bond motifs is 1. The summed E-state index contributed by atoms with van der Waals surface area (Å²) < 4.78 is 33.1. The lowest BCUT2D eigenvalue weighted by Gasteiger charge is -2.37. The highest BCUT2D eigenvalue weighted by molar-refractivity contribution is 6.02. The van der Waals surface area contributed by atoms with Crippen molar-refractivity contribution in [3.05, 3.63) is 125 Å². The summed E-state index contributed by atoms with van der Waals surface area (Å²) >= 11 is 0. The number of anilines is 1. The summed E-state index contributed by atoms with van der Waals surface area (Å²) in [5, 5.41) is 0. The highest BCUT2D eigenvalue weighted by Gasteiger charge is 2.28. The van der Waals surface area contributed by atoms with E-state index in [-0.39, 0.29) is 11.9 Å². The van der Waals surface area contributed by atoms with Crippen LogP contribution in [0.4, 0.5) is 14.9 Å². The Hall–Kier alpha value is -4.78. The number of halogens is 1. The maximum atomic E-state index is 15.3. The lowest BCUT2D eigenvalue weighted by Crippen LogP contribution is -2.50. The summed E-state index contributed by atoms with van der Waals surface area (Å²) in [7, 11) is 1.68. The van der Waals surface area contributed by atoms with E-state index >= 15 is 4.39 Å². The molecule has 1 saturated heterocycles. The number of methoxy groups -OCH3 is 1. The average Bonchev–Trinajstić information content (AvgIpc) is 3.06. The van der Waals surface area contributed by atoms with Crippen molar-refractivity contribution in [3.8, 4) is 11.5 Å². The molecular formula is C39H41FN2O4. The Morgan fingerprint density at radius 1 is 0.804 bits per heavy atom. The first-order chi connectivity index (χ1) is 22.2. The van der Waals surface area contributed by atoms with Gasteiger partial charge in [0, 0.05) is 49.1 Å². The molecule has 0 unspecified atom stereocenters. The Bertz CT molecular complexity index is 1740. The number of hydrogen-bond donors (Lipinski definition) is 0. The molecule has 0 N–H and O–H groups in total. The maximum absolute atomic E-state index is 15.3. The third kappa shape index (κ3) is 6.89. The predicted octanol–water partition coefficient (Wildman–Crippen LogP) is 8.38. The Morgan fingerprint density at radius 2 is 1.52 bits per heavy atom. The van der Waals surface area contributed by atoms with Gasteiger partial charge in [-0.15, -0.1) is 0 Å². The second-order valence-electron chi connectivity index (χ2n) is 12.8. The van der Waals surface area contributed by atoms with Gasteiger partial charge in [-0.3, -0.25) is 0 Å². The molecular weight excluding hydrogens is 579 g/mol. The van der Waals surface area contributed by atoms with E-state index in [4.69, 9.17) is 14.2 Å². The topological polar surface area (TPSA) is 51.2 Å². The lowest BCUT2D eigenvalue weighted by atomic mass is 9.79. The van der Waals surface area contributed by atoms with E-state index in [2.05, 4.69) is 47.4 Å². The van der Waals surface area contributed by atoms with Crippen molar-refractivity contribution in [2.45, 2.75) is 45.8 Å². The molecule has 46 heavy (non-hydrogen) atoms. The molecule has 1 fully saturated rings. The number of rotatable bonds is 7. The molecule has 6 nitrogen and oxygen atoms in total. The first-order valence-electron chi connectivity index (χ1n) is 15.9. The molecule has 0 aromatic heterocycles. The summed E-state index contributed by atoms with van der Waals surface area (Å²) in [6.45, 7) is 8.64. The van der Waals surface area contributed by atoms with Gasteiger partial charge >= 0.3 is 6.09 Å². The van der Waals surface area contributed by atoms with Crippen LogP contribution in [0.1, 0.15) is 55.0 Å². The second kappa shape index (κ2) is 13.3. The molecule has 1 amide bonds. The zero-order chi connectivity index (χ0) is 32.3. The van der Waals surface area contributed by atoms with E-state index in [1.54, 1.807) is 18.1 Å². The van der Waals surface area contributed by atoms with Crippen molar-refractivity contribution < 1.29 is 23.4 Å². The van der Waals surface area contributed by atoms with Gasteiger partial charge in [0.15, 0.2) is 0 Å². The summed E-state index contributed by atoms with van der Waals surface area (Å²) in [5.41, 5.74) is 7.25. The molecule has 6 rings (SSSR count). The van der Waals surface area contributed by atoms with Crippen LogP contribution in [-0.2, 0) is 17.8 Å². The van der Waals surface area contributed by atoms with E-state index in [0.717, 1.165) is 51.3 Å². The third-order valence-corrected chi connectivity index (χ3v) is 8.49. The number of carbonyl (C=O) groups is 1. The van der Waals surface area contributed by atoms with Gasteiger partial charge in [0.25, 0.3) is 0 Å². The molecule has 1 heterocycles. The average molecular weight is 621 g/mol. The largest absolute Gasteiger partial charge is 0.496 e. The molecule has 238 valence electrons. The van der Waals surface area contributed by atoms with Gasteiger partial charge in [0.1, 0.15) is 29.5 Å². The van der Waals surface area contributed by atoms with Crippen LogP contribution in [-0.4, -0.2) is 49.9 Å². The first kappa shape index (κ1) is 31.2. The van der Waals surface area contributed by atoms with Gasteiger partial charge in [0.05, 0.1) is 7.11 Å². The summed E-state index contributed by atoms with van der Waals surface area (Å²) in [6.07, 6.45) is 1.17. The van der Waals surface area contributed by atoms with Crippen LogP contribution in [0.3, 0.4) is 0 Å². The van der Waals surface area contributed by atoms with Crippen molar-refractivity contribution in [3.63, 3.8) is 0 Å². The minimum atomic E-state index is -0.526. The Balaban J connectivity index is 1.32. The molecule has 0 spiro atoms. The minimum absolute atomic E-state index is 0.236. The highest BCUT2D eigenvalue weighted by Crippen LogP contribution is 2.45. The molecule has 0 saturated carbocycles. The van der Waals surface area contributed by atoms with Gasteiger partial charge in [-0.25, -0.2) is 9.18 Å². The smallest absolute Gasteiger partial charge is 0.410 e. The van der Waals surface area contributed by atoms with Crippen molar-refractivity contribution >= 4 is 22.9 Å². The zero-order valence-electron chi connectivity index (χ0n) is 27.0. The van der Waals surface area contributed by atoms with Gasteiger partial charge in [0.2, 0.25) is 0 Å². The van der Waals surface area contributed by atoms with Crippen LogP contribution < -0.4 is 14.4 Å². The van der Waals surface area contributed by atoms with Crippen LogP contribution in [0, 0.1) is 5.82 Å². The number of piperazine rings is 1. The highest BCUT2D eigenvalue weighted by atomic mass is 19.1. The fourth-order valence-electron chi connectivity index (χ4n) is 6.24.